The molecule has 4 heteroatoms. The fourth-order valence-corrected chi connectivity index (χ4v) is 10.8. The van der Waals surface area contributed by atoms with E-state index in [0.29, 0.717) is 5.92 Å². The first-order chi connectivity index (χ1) is 26.8. The lowest BCUT2D eigenvalue weighted by molar-refractivity contribution is 0.745. The lowest BCUT2D eigenvalue weighted by Crippen LogP contribution is -2.28. The topological polar surface area (TPSA) is 17.0 Å². The third-order valence-electron chi connectivity index (χ3n) is 12.8. The summed E-state index contributed by atoms with van der Waals surface area (Å²) in [6, 6.07) is 54.7. The molecule has 1 aliphatic heterocycles. The van der Waals surface area contributed by atoms with Crippen molar-refractivity contribution in [3.05, 3.63) is 175 Å². The summed E-state index contributed by atoms with van der Waals surface area (Å²) in [4.78, 5) is 2.59. The molecule has 12 aromatic rings. The molecule has 5 aromatic heterocycles. The summed E-state index contributed by atoms with van der Waals surface area (Å²) in [6.07, 6.45) is 9.18. The van der Waals surface area contributed by atoms with Gasteiger partial charge in [-0.25, -0.2) is 0 Å². The first-order valence-electron chi connectivity index (χ1n) is 19.0. The van der Waals surface area contributed by atoms with E-state index in [1.54, 1.807) is 0 Å². The quantitative estimate of drug-likeness (QED) is 0.177. The number of para-hydroxylation sites is 5. The Morgan fingerprint density at radius 1 is 0.370 bits per heavy atom. The van der Waals surface area contributed by atoms with Gasteiger partial charge in [-0.3, -0.25) is 0 Å². The molecular weight excluding hydrogens is 657 g/mol. The Morgan fingerprint density at radius 2 is 0.833 bits per heavy atom. The maximum Gasteiger partial charge on any atom is 0.0805 e. The zero-order chi connectivity index (χ0) is 34.8. The van der Waals surface area contributed by atoms with Crippen molar-refractivity contribution in [2.75, 3.05) is 4.90 Å². The van der Waals surface area contributed by atoms with Gasteiger partial charge < -0.3 is 18.3 Å². The van der Waals surface area contributed by atoms with Crippen LogP contribution in [0.15, 0.2) is 170 Å². The van der Waals surface area contributed by atoms with Crippen LogP contribution in [0.25, 0.3) is 92.9 Å². The van der Waals surface area contributed by atoms with Gasteiger partial charge >= 0.3 is 0 Å². The highest BCUT2D eigenvalue weighted by molar-refractivity contribution is 6.32. The molecule has 0 saturated heterocycles. The molecule has 0 N–H and O–H groups in total. The normalized spacial score (nSPS) is 17.1. The van der Waals surface area contributed by atoms with Crippen LogP contribution >= 0.6 is 0 Å². The molecule has 0 spiro atoms. The molecule has 2 unspecified atom stereocenters. The lowest BCUT2D eigenvalue weighted by Gasteiger charge is -2.29. The first-order valence-corrected chi connectivity index (χ1v) is 19.0. The molecular formula is C50H30N4. The van der Waals surface area contributed by atoms with Crippen LogP contribution < -0.4 is 4.90 Å². The Hall–Kier alpha value is -7.04. The molecule has 6 heterocycles. The molecule has 4 nitrogen and oxygen atoms in total. The van der Waals surface area contributed by atoms with Crippen LogP contribution in [0.4, 0.5) is 11.4 Å². The van der Waals surface area contributed by atoms with Crippen LogP contribution in [-0.4, -0.2) is 19.4 Å². The largest absolute Gasteiger partial charge is 0.333 e. The molecule has 1 aliphatic carbocycles. The van der Waals surface area contributed by atoms with Crippen molar-refractivity contribution in [3.8, 4) is 5.69 Å². The second-order valence-corrected chi connectivity index (χ2v) is 15.3. The van der Waals surface area contributed by atoms with E-state index in [-0.39, 0.29) is 6.04 Å². The van der Waals surface area contributed by atoms with Gasteiger partial charge in [0.25, 0.3) is 0 Å². The average Bonchev–Trinajstić information content (AvgIpc) is 4.05. The lowest BCUT2D eigenvalue weighted by atomic mass is 9.91. The van der Waals surface area contributed by atoms with E-state index < -0.39 is 0 Å². The van der Waals surface area contributed by atoms with Crippen molar-refractivity contribution in [2.24, 2.45) is 0 Å². The van der Waals surface area contributed by atoms with E-state index >= 15 is 0 Å². The summed E-state index contributed by atoms with van der Waals surface area (Å²) in [5, 5.41) is 10.3. The van der Waals surface area contributed by atoms with Crippen LogP contribution in [0, 0.1) is 0 Å². The van der Waals surface area contributed by atoms with Crippen LogP contribution in [0.1, 0.15) is 11.5 Å². The number of nitrogens with zero attached hydrogens (tertiary/aromatic N) is 4. The van der Waals surface area contributed by atoms with Gasteiger partial charge in [-0.05, 0) is 60.2 Å². The van der Waals surface area contributed by atoms with Crippen molar-refractivity contribution in [3.63, 3.8) is 0 Å². The number of hydrogen-bond acceptors (Lipinski definition) is 1. The van der Waals surface area contributed by atoms with Gasteiger partial charge in [0.1, 0.15) is 0 Å². The Balaban J connectivity index is 1.18. The number of rotatable bonds is 2. The molecule has 2 aliphatic rings. The molecule has 0 bridgehead atoms. The molecule has 7 aromatic carbocycles. The standard InChI is InChI=1S/C50H30N4/c1-7-19-41-31(13-1)32-14-2-8-20-42(32)51(41)29-25-37-35-17-5-11-23-45(35)53-47(37)39(27-29)49-50(53)40-28-30(26-38-36-18-6-12-24-46(36)54(49)48(38)40)52-43-21-9-3-15-33(43)34-16-4-10-22-44(34)52/h1-28,31,41H. The van der Waals surface area contributed by atoms with Gasteiger partial charge in [-0.1, -0.05) is 115 Å². The molecule has 14 rings (SSSR count). The molecule has 0 fully saturated rings. The molecule has 2 atom stereocenters. The number of benzene rings is 7. The summed E-state index contributed by atoms with van der Waals surface area (Å²) < 4.78 is 7.63. The Bertz CT molecular complexity index is 3590. The highest BCUT2D eigenvalue weighted by Crippen LogP contribution is 2.52. The van der Waals surface area contributed by atoms with E-state index in [0.717, 1.165) is 0 Å². The molecule has 0 radical (unpaired) electrons. The van der Waals surface area contributed by atoms with Crippen molar-refractivity contribution < 1.29 is 0 Å². The van der Waals surface area contributed by atoms with Crippen molar-refractivity contribution in [2.45, 2.75) is 12.0 Å². The maximum atomic E-state index is 2.59. The summed E-state index contributed by atoms with van der Waals surface area (Å²) in [7, 11) is 0. The van der Waals surface area contributed by atoms with Crippen LogP contribution in [0.2, 0.25) is 0 Å². The van der Waals surface area contributed by atoms with Crippen LogP contribution in [0.5, 0.6) is 0 Å². The second kappa shape index (κ2) is 9.49. The van der Waals surface area contributed by atoms with Gasteiger partial charge in [-0.15, -0.1) is 0 Å². The van der Waals surface area contributed by atoms with E-state index in [4.69, 9.17) is 0 Å². The number of allylic oxidation sites excluding steroid dienone is 2. The van der Waals surface area contributed by atoms with Gasteiger partial charge in [0.05, 0.1) is 50.2 Å². The monoisotopic (exact) mass is 686 g/mol. The zero-order valence-electron chi connectivity index (χ0n) is 29.1. The summed E-state index contributed by atoms with van der Waals surface area (Å²) in [5.74, 6) is 0.328. The first kappa shape index (κ1) is 27.6. The molecule has 54 heavy (non-hydrogen) atoms. The third kappa shape index (κ3) is 3.12. The predicted octanol–water partition coefficient (Wildman–Crippen LogP) is 12.7. The molecule has 0 saturated carbocycles. The summed E-state index contributed by atoms with van der Waals surface area (Å²) in [5.41, 5.74) is 15.2. The van der Waals surface area contributed by atoms with Gasteiger partial charge in [0.15, 0.2) is 0 Å². The van der Waals surface area contributed by atoms with Crippen molar-refractivity contribution in [1.82, 2.24) is 13.4 Å². The smallest absolute Gasteiger partial charge is 0.0805 e. The fourth-order valence-electron chi connectivity index (χ4n) is 10.8. The van der Waals surface area contributed by atoms with E-state index in [2.05, 4.69) is 188 Å². The minimum Gasteiger partial charge on any atom is -0.333 e. The highest BCUT2D eigenvalue weighted by atomic mass is 15.2. The molecule has 250 valence electrons. The Morgan fingerprint density at radius 3 is 1.46 bits per heavy atom. The van der Waals surface area contributed by atoms with Crippen LogP contribution in [0.3, 0.4) is 0 Å². The molecule has 0 amide bonds. The van der Waals surface area contributed by atoms with Crippen molar-refractivity contribution in [1.29, 1.82) is 0 Å². The van der Waals surface area contributed by atoms with Gasteiger partial charge in [0.2, 0.25) is 0 Å². The predicted molar refractivity (Wildman–Crippen MR) is 226 cm³/mol. The second-order valence-electron chi connectivity index (χ2n) is 15.3. The third-order valence-corrected chi connectivity index (χ3v) is 12.8. The highest BCUT2D eigenvalue weighted by Gasteiger charge is 2.38. The van der Waals surface area contributed by atoms with Crippen LogP contribution in [-0.2, 0) is 0 Å². The number of aromatic nitrogens is 3. The summed E-state index contributed by atoms with van der Waals surface area (Å²) in [6.45, 7) is 0. The minimum absolute atomic E-state index is 0.230. The van der Waals surface area contributed by atoms with Gasteiger partial charge in [-0.2, -0.15) is 0 Å². The number of fused-ring (bicyclic) bond motifs is 17. The van der Waals surface area contributed by atoms with E-state index in [1.165, 1.54) is 110 Å². The van der Waals surface area contributed by atoms with Gasteiger partial charge in [0, 0.05) is 66.1 Å². The maximum absolute atomic E-state index is 2.59. The summed E-state index contributed by atoms with van der Waals surface area (Å²) >= 11 is 0. The van der Waals surface area contributed by atoms with Crippen molar-refractivity contribution >= 4 is 98.6 Å². The number of hydrogen-bond donors (Lipinski definition) is 0. The number of anilines is 2. The van der Waals surface area contributed by atoms with E-state index in [1.807, 2.05) is 0 Å². The zero-order valence-corrected chi connectivity index (χ0v) is 29.1. The SMILES string of the molecule is C1=CC2c3ccccc3N(c3cc4c5ccccc5n5c4c(c3)c3c5c4cc(-n5c6ccccc6c6ccccc65)cc5c6ccccc6n3c54)C2C=C1. The van der Waals surface area contributed by atoms with E-state index in [9.17, 15) is 0 Å². The Labute approximate surface area is 308 Å². The minimum atomic E-state index is 0.230. The average molecular weight is 687 g/mol. The fraction of sp³-hybridized carbons (Fsp3) is 0.0400. The Kier molecular flexibility index (Phi) is 4.85.